The van der Waals surface area contributed by atoms with Crippen LogP contribution in [0.3, 0.4) is 0 Å². The van der Waals surface area contributed by atoms with Gasteiger partial charge in [-0.05, 0) is 30.9 Å². The Bertz CT molecular complexity index is 924. The lowest BCUT2D eigenvalue weighted by atomic mass is 10.1. The molecule has 2 aromatic carbocycles. The summed E-state index contributed by atoms with van der Waals surface area (Å²) in [4.78, 5) is 39.2. The van der Waals surface area contributed by atoms with Crippen LogP contribution in [0.4, 0.5) is 11.4 Å². The van der Waals surface area contributed by atoms with Crippen LogP contribution >= 0.6 is 0 Å². The molecule has 3 rings (SSSR count). The quantitative estimate of drug-likeness (QED) is 0.519. The zero-order valence-corrected chi connectivity index (χ0v) is 17.8. The maximum atomic E-state index is 12.5. The molecule has 0 spiro atoms. The van der Waals surface area contributed by atoms with E-state index in [1.807, 2.05) is 28.0 Å². The second-order valence-electron chi connectivity index (χ2n) is 7.80. The Labute approximate surface area is 182 Å². The topological polar surface area (TPSA) is 95.8 Å². The monoisotopic (exact) mass is 424 g/mol. The van der Waals surface area contributed by atoms with Gasteiger partial charge in [0.05, 0.1) is 17.2 Å². The van der Waals surface area contributed by atoms with Gasteiger partial charge in [-0.1, -0.05) is 36.4 Å². The number of rotatable bonds is 8. The lowest BCUT2D eigenvalue weighted by Gasteiger charge is -2.34. The van der Waals surface area contributed by atoms with Crippen molar-refractivity contribution in [2.75, 3.05) is 38.0 Å². The molecule has 0 saturated carbocycles. The van der Waals surface area contributed by atoms with Crippen molar-refractivity contribution < 1.29 is 14.5 Å². The summed E-state index contributed by atoms with van der Waals surface area (Å²) in [6, 6.07) is 14.6. The first-order valence-corrected chi connectivity index (χ1v) is 10.5. The molecule has 8 nitrogen and oxygen atoms in total. The highest BCUT2D eigenvalue weighted by Crippen LogP contribution is 2.21. The van der Waals surface area contributed by atoms with E-state index in [9.17, 15) is 19.7 Å². The highest BCUT2D eigenvalue weighted by molar-refractivity contribution is 5.93. The molecule has 2 amide bonds. The molecule has 0 radical (unpaired) electrons. The number of amides is 2. The fraction of sp³-hybridized carbons (Fsp3) is 0.391. The Kier molecular flexibility index (Phi) is 7.72. The second-order valence-corrected chi connectivity index (χ2v) is 7.80. The zero-order chi connectivity index (χ0) is 22.2. The van der Waals surface area contributed by atoms with Crippen molar-refractivity contribution in [3.05, 3.63) is 69.8 Å². The Balaban J connectivity index is 1.40. The zero-order valence-electron chi connectivity index (χ0n) is 17.8. The van der Waals surface area contributed by atoms with Crippen molar-refractivity contribution in [2.24, 2.45) is 0 Å². The van der Waals surface area contributed by atoms with Gasteiger partial charge in [0.15, 0.2) is 0 Å². The summed E-state index contributed by atoms with van der Waals surface area (Å²) in [5, 5.41) is 13.7. The summed E-state index contributed by atoms with van der Waals surface area (Å²) in [5.74, 6) is -0.0570. The number of non-ortho nitro benzene ring substituents is 1. The molecule has 8 heteroatoms. The fourth-order valence-electron chi connectivity index (χ4n) is 3.65. The van der Waals surface area contributed by atoms with E-state index in [1.165, 1.54) is 17.7 Å². The Morgan fingerprint density at radius 3 is 2.45 bits per heavy atom. The van der Waals surface area contributed by atoms with Crippen LogP contribution in [0.25, 0.3) is 0 Å². The molecule has 1 saturated heterocycles. The van der Waals surface area contributed by atoms with Crippen molar-refractivity contribution in [3.63, 3.8) is 0 Å². The Morgan fingerprint density at radius 1 is 1.06 bits per heavy atom. The van der Waals surface area contributed by atoms with Crippen LogP contribution in [0.2, 0.25) is 0 Å². The standard InChI is InChI=1S/C23H28N4O4/c1-18-10-11-20(27(30)31)16-21(18)24-22(28)17-25-12-14-26(15-13-25)23(29)9-5-8-19-6-3-2-4-7-19/h2-4,6-7,10-11,16H,5,8-9,12-15,17H2,1H3,(H,24,28). The van der Waals surface area contributed by atoms with Crippen LogP contribution in [-0.4, -0.2) is 59.3 Å². The summed E-state index contributed by atoms with van der Waals surface area (Å²) in [5.41, 5.74) is 2.40. The van der Waals surface area contributed by atoms with E-state index in [0.29, 0.717) is 38.3 Å². The van der Waals surface area contributed by atoms with Gasteiger partial charge in [0.1, 0.15) is 0 Å². The number of anilines is 1. The molecule has 1 aliphatic heterocycles. The Morgan fingerprint density at radius 2 is 1.77 bits per heavy atom. The van der Waals surface area contributed by atoms with Crippen LogP contribution in [0.1, 0.15) is 24.0 Å². The SMILES string of the molecule is Cc1ccc([N+](=O)[O-])cc1NC(=O)CN1CCN(C(=O)CCCc2ccccc2)CC1. The van der Waals surface area contributed by atoms with Crippen LogP contribution in [0.15, 0.2) is 48.5 Å². The molecule has 1 N–H and O–H groups in total. The number of nitrogens with one attached hydrogen (secondary N) is 1. The molecular weight excluding hydrogens is 396 g/mol. The van der Waals surface area contributed by atoms with E-state index in [4.69, 9.17) is 0 Å². The molecule has 0 aliphatic carbocycles. The van der Waals surface area contributed by atoms with Crippen molar-refractivity contribution in [2.45, 2.75) is 26.2 Å². The van der Waals surface area contributed by atoms with Crippen LogP contribution in [0.5, 0.6) is 0 Å². The number of aryl methyl sites for hydroxylation is 2. The molecule has 2 aromatic rings. The maximum Gasteiger partial charge on any atom is 0.271 e. The first kappa shape index (κ1) is 22.4. The third kappa shape index (κ3) is 6.62. The Hall–Kier alpha value is -3.26. The number of nitro benzene ring substituents is 1. The predicted molar refractivity (Wildman–Crippen MR) is 119 cm³/mol. The minimum absolute atomic E-state index is 0.0553. The van der Waals surface area contributed by atoms with Crippen LogP contribution < -0.4 is 5.32 Å². The molecule has 0 unspecified atom stereocenters. The summed E-state index contributed by atoms with van der Waals surface area (Å²) in [6.07, 6.45) is 2.25. The van der Waals surface area contributed by atoms with Gasteiger partial charge >= 0.3 is 0 Å². The minimum Gasteiger partial charge on any atom is -0.340 e. The van der Waals surface area contributed by atoms with E-state index in [-0.39, 0.29) is 24.0 Å². The van der Waals surface area contributed by atoms with Crippen LogP contribution in [-0.2, 0) is 16.0 Å². The normalized spacial score (nSPS) is 14.3. The molecule has 0 atom stereocenters. The third-order valence-corrected chi connectivity index (χ3v) is 5.50. The van der Waals surface area contributed by atoms with Gasteiger partial charge in [-0.2, -0.15) is 0 Å². The first-order valence-electron chi connectivity index (χ1n) is 10.5. The number of carbonyl (C=O) groups is 2. The third-order valence-electron chi connectivity index (χ3n) is 5.50. The number of hydrogen-bond acceptors (Lipinski definition) is 5. The highest BCUT2D eigenvalue weighted by Gasteiger charge is 2.22. The van der Waals surface area contributed by atoms with E-state index < -0.39 is 4.92 Å². The lowest BCUT2D eigenvalue weighted by Crippen LogP contribution is -2.50. The minimum atomic E-state index is -0.481. The number of nitrogens with zero attached hydrogens (tertiary/aromatic N) is 3. The van der Waals surface area contributed by atoms with Gasteiger partial charge < -0.3 is 10.2 Å². The fourth-order valence-corrected chi connectivity index (χ4v) is 3.65. The lowest BCUT2D eigenvalue weighted by molar-refractivity contribution is -0.384. The van der Waals surface area contributed by atoms with E-state index in [0.717, 1.165) is 18.4 Å². The van der Waals surface area contributed by atoms with Crippen molar-refractivity contribution >= 4 is 23.2 Å². The van der Waals surface area contributed by atoms with E-state index >= 15 is 0 Å². The summed E-state index contributed by atoms with van der Waals surface area (Å²) >= 11 is 0. The number of benzene rings is 2. The molecule has 31 heavy (non-hydrogen) atoms. The number of nitro groups is 1. The molecular formula is C23H28N4O4. The molecule has 1 heterocycles. The second kappa shape index (κ2) is 10.7. The summed E-state index contributed by atoms with van der Waals surface area (Å²) < 4.78 is 0. The average molecular weight is 425 g/mol. The molecule has 1 aliphatic rings. The summed E-state index contributed by atoms with van der Waals surface area (Å²) in [7, 11) is 0. The summed E-state index contributed by atoms with van der Waals surface area (Å²) in [6.45, 7) is 4.46. The van der Waals surface area contributed by atoms with Gasteiger partial charge in [0.2, 0.25) is 11.8 Å². The van der Waals surface area contributed by atoms with Gasteiger partial charge in [0, 0.05) is 44.7 Å². The molecule has 164 valence electrons. The van der Waals surface area contributed by atoms with Crippen molar-refractivity contribution in [1.82, 2.24) is 9.80 Å². The number of piperazine rings is 1. The maximum absolute atomic E-state index is 12.5. The predicted octanol–water partition coefficient (Wildman–Crippen LogP) is 3.01. The average Bonchev–Trinajstić information content (AvgIpc) is 2.76. The first-order chi connectivity index (χ1) is 14.9. The van der Waals surface area contributed by atoms with E-state index in [1.54, 1.807) is 13.0 Å². The molecule has 0 aromatic heterocycles. The van der Waals surface area contributed by atoms with Crippen molar-refractivity contribution in [1.29, 1.82) is 0 Å². The molecule has 0 bridgehead atoms. The van der Waals surface area contributed by atoms with Gasteiger partial charge in [-0.3, -0.25) is 24.6 Å². The van der Waals surface area contributed by atoms with Gasteiger partial charge in [0.25, 0.3) is 5.69 Å². The number of carbonyl (C=O) groups excluding carboxylic acids is 2. The van der Waals surface area contributed by atoms with Gasteiger partial charge in [-0.25, -0.2) is 0 Å². The van der Waals surface area contributed by atoms with Gasteiger partial charge in [-0.15, -0.1) is 0 Å². The molecule has 1 fully saturated rings. The van der Waals surface area contributed by atoms with Crippen LogP contribution in [0, 0.1) is 17.0 Å². The van der Waals surface area contributed by atoms with Crippen molar-refractivity contribution in [3.8, 4) is 0 Å². The largest absolute Gasteiger partial charge is 0.340 e. The van der Waals surface area contributed by atoms with E-state index in [2.05, 4.69) is 17.4 Å². The highest BCUT2D eigenvalue weighted by atomic mass is 16.6. The number of hydrogen-bond donors (Lipinski definition) is 1. The smallest absolute Gasteiger partial charge is 0.271 e.